The van der Waals surface area contributed by atoms with E-state index in [0.29, 0.717) is 6.73 Å². The van der Waals surface area contributed by atoms with Crippen LogP contribution in [-0.2, 0) is 17.9 Å². The molecule has 0 unspecified atom stereocenters. The number of hydrogen-bond acceptors (Lipinski definition) is 2. The van der Waals surface area contributed by atoms with Crippen molar-refractivity contribution in [2.24, 2.45) is 5.92 Å². The third-order valence-electron chi connectivity index (χ3n) is 4.22. The van der Waals surface area contributed by atoms with Crippen molar-refractivity contribution in [2.45, 2.75) is 51.7 Å². The molecule has 0 saturated heterocycles. The Labute approximate surface area is 138 Å². The molecule has 2 aromatic rings. The maximum absolute atomic E-state index is 6.41. The molecule has 2 aromatic heterocycles. The topological polar surface area (TPSA) is 27.1 Å². The van der Waals surface area contributed by atoms with E-state index in [4.69, 9.17) is 16.3 Å². The van der Waals surface area contributed by atoms with Crippen LogP contribution in [0.5, 0.6) is 0 Å². The first-order valence-electron chi connectivity index (χ1n) is 8.14. The van der Waals surface area contributed by atoms with Crippen LogP contribution in [-0.4, -0.2) is 24.2 Å². The van der Waals surface area contributed by atoms with Crippen molar-refractivity contribution in [3.8, 4) is 0 Å². The predicted octanol–water partition coefficient (Wildman–Crippen LogP) is 4.95. The molecule has 0 aliphatic heterocycles. The molecule has 5 heteroatoms. The Hall–Kier alpha value is -0.843. The Morgan fingerprint density at radius 3 is 2.82 bits per heavy atom. The van der Waals surface area contributed by atoms with Crippen molar-refractivity contribution in [3.05, 3.63) is 29.0 Å². The third-order valence-corrected chi connectivity index (χ3v) is 6.24. The summed E-state index contributed by atoms with van der Waals surface area (Å²) in [5.74, 6) is 0.836. The second kappa shape index (κ2) is 6.34. The standard InChI is InChI=1S/C17H25ClN2OSi/c1-22(2,3)9-8-21-12-20-11-14(10-13-4-5-13)16-15(18)6-7-19-17(16)20/h6-7,11,13H,4-5,8-10,12H2,1-3H3. The molecule has 3 rings (SSSR count). The Morgan fingerprint density at radius 1 is 1.36 bits per heavy atom. The van der Waals surface area contributed by atoms with Crippen molar-refractivity contribution in [1.82, 2.24) is 9.55 Å². The zero-order valence-electron chi connectivity index (χ0n) is 13.7. The normalized spacial score (nSPS) is 15.6. The molecule has 0 N–H and O–H groups in total. The first-order valence-corrected chi connectivity index (χ1v) is 12.2. The number of ether oxygens (including phenoxy) is 1. The highest BCUT2D eigenvalue weighted by Crippen LogP contribution is 2.36. The summed E-state index contributed by atoms with van der Waals surface area (Å²) in [6, 6.07) is 3.08. The molecule has 3 nitrogen and oxygen atoms in total. The molecule has 0 radical (unpaired) electrons. The molecule has 0 bridgehead atoms. The van der Waals surface area contributed by atoms with Crippen LogP contribution in [0.15, 0.2) is 18.5 Å². The van der Waals surface area contributed by atoms with Gasteiger partial charge in [-0.25, -0.2) is 4.98 Å². The minimum absolute atomic E-state index is 0.568. The number of rotatable bonds is 7. The van der Waals surface area contributed by atoms with E-state index >= 15 is 0 Å². The molecule has 0 amide bonds. The van der Waals surface area contributed by atoms with E-state index in [1.807, 2.05) is 6.07 Å². The van der Waals surface area contributed by atoms with Crippen molar-refractivity contribution in [2.75, 3.05) is 6.61 Å². The first kappa shape index (κ1) is 16.0. The molecular weight excluding hydrogens is 312 g/mol. The lowest BCUT2D eigenvalue weighted by molar-refractivity contribution is 0.0898. The van der Waals surface area contributed by atoms with E-state index in [0.717, 1.165) is 35.0 Å². The van der Waals surface area contributed by atoms with E-state index in [-0.39, 0.29) is 0 Å². The third kappa shape index (κ3) is 3.92. The first-order chi connectivity index (χ1) is 10.4. The van der Waals surface area contributed by atoms with Gasteiger partial charge in [0.2, 0.25) is 0 Å². The molecule has 2 heterocycles. The molecule has 1 fully saturated rings. The second-order valence-electron chi connectivity index (χ2n) is 7.61. The zero-order chi connectivity index (χ0) is 15.7. The van der Waals surface area contributed by atoms with Crippen LogP contribution in [0.3, 0.4) is 0 Å². The van der Waals surface area contributed by atoms with E-state index in [1.54, 1.807) is 6.20 Å². The van der Waals surface area contributed by atoms with Gasteiger partial charge in [-0.05, 0) is 42.9 Å². The summed E-state index contributed by atoms with van der Waals surface area (Å²) in [6.45, 7) is 8.51. The van der Waals surface area contributed by atoms with Gasteiger partial charge in [0.1, 0.15) is 12.4 Å². The van der Waals surface area contributed by atoms with Crippen molar-refractivity contribution in [3.63, 3.8) is 0 Å². The van der Waals surface area contributed by atoms with Gasteiger partial charge in [-0.2, -0.15) is 0 Å². The Morgan fingerprint density at radius 2 is 2.14 bits per heavy atom. The van der Waals surface area contributed by atoms with Crippen LogP contribution in [0.1, 0.15) is 18.4 Å². The SMILES string of the molecule is C[Si](C)(C)CCOCn1cc(CC2CC2)c2c(Cl)ccnc21. The fourth-order valence-electron chi connectivity index (χ4n) is 2.68. The number of halogens is 1. The van der Waals surface area contributed by atoms with Gasteiger partial charge in [0.05, 0.1) is 5.02 Å². The Bertz CT molecular complexity index is 658. The number of nitrogens with zero attached hydrogens (tertiary/aromatic N) is 2. The van der Waals surface area contributed by atoms with Crippen LogP contribution < -0.4 is 0 Å². The molecule has 0 atom stereocenters. The van der Waals surface area contributed by atoms with Crippen molar-refractivity contribution in [1.29, 1.82) is 0 Å². The lowest BCUT2D eigenvalue weighted by Gasteiger charge is -2.15. The van der Waals surface area contributed by atoms with Gasteiger partial charge in [0, 0.05) is 32.5 Å². The summed E-state index contributed by atoms with van der Waals surface area (Å²) in [5.41, 5.74) is 2.28. The average molecular weight is 337 g/mol. The van der Waals surface area contributed by atoms with Gasteiger partial charge in [0.25, 0.3) is 0 Å². The van der Waals surface area contributed by atoms with Gasteiger partial charge in [-0.1, -0.05) is 31.2 Å². The largest absolute Gasteiger partial charge is 0.361 e. The summed E-state index contributed by atoms with van der Waals surface area (Å²) in [6.07, 6.45) is 7.78. The van der Waals surface area contributed by atoms with E-state index in [2.05, 4.69) is 35.4 Å². The maximum Gasteiger partial charge on any atom is 0.143 e. The molecule has 1 aliphatic carbocycles. The fourth-order valence-corrected chi connectivity index (χ4v) is 3.70. The van der Waals surface area contributed by atoms with Gasteiger partial charge < -0.3 is 9.30 Å². The Kier molecular flexibility index (Phi) is 4.62. The number of pyridine rings is 1. The molecule has 120 valence electrons. The van der Waals surface area contributed by atoms with Gasteiger partial charge in [-0.3, -0.25) is 0 Å². The van der Waals surface area contributed by atoms with E-state index in [9.17, 15) is 0 Å². The highest BCUT2D eigenvalue weighted by atomic mass is 35.5. The van der Waals surface area contributed by atoms with Crippen LogP contribution >= 0.6 is 11.6 Å². The predicted molar refractivity (Wildman–Crippen MR) is 95.3 cm³/mol. The quantitative estimate of drug-likeness (QED) is 0.528. The van der Waals surface area contributed by atoms with E-state index < -0.39 is 8.07 Å². The minimum atomic E-state index is -1.04. The Balaban J connectivity index is 1.75. The summed E-state index contributed by atoms with van der Waals surface area (Å²) < 4.78 is 8.01. The monoisotopic (exact) mass is 336 g/mol. The van der Waals surface area contributed by atoms with Crippen LogP contribution in [0.4, 0.5) is 0 Å². The summed E-state index contributed by atoms with van der Waals surface area (Å²) in [5, 5.41) is 1.92. The van der Waals surface area contributed by atoms with Gasteiger partial charge in [-0.15, -0.1) is 0 Å². The lowest BCUT2D eigenvalue weighted by Crippen LogP contribution is -2.22. The van der Waals surface area contributed by atoms with Crippen LogP contribution in [0, 0.1) is 5.92 Å². The highest BCUT2D eigenvalue weighted by molar-refractivity contribution is 6.76. The number of aromatic nitrogens is 2. The minimum Gasteiger partial charge on any atom is -0.361 e. The summed E-state index contributed by atoms with van der Waals surface area (Å²) >= 11 is 6.41. The van der Waals surface area contributed by atoms with Crippen molar-refractivity contribution < 1.29 is 4.74 Å². The molecule has 1 saturated carbocycles. The molecule has 0 aromatic carbocycles. The average Bonchev–Trinajstić information content (AvgIpc) is 3.17. The molecule has 0 spiro atoms. The van der Waals surface area contributed by atoms with E-state index in [1.165, 1.54) is 24.4 Å². The van der Waals surface area contributed by atoms with Crippen LogP contribution in [0.25, 0.3) is 11.0 Å². The van der Waals surface area contributed by atoms with Gasteiger partial charge in [0.15, 0.2) is 0 Å². The summed E-state index contributed by atoms with van der Waals surface area (Å²) in [4.78, 5) is 4.53. The van der Waals surface area contributed by atoms with Crippen molar-refractivity contribution >= 4 is 30.7 Å². The van der Waals surface area contributed by atoms with Crippen LogP contribution in [0.2, 0.25) is 30.7 Å². The smallest absolute Gasteiger partial charge is 0.143 e. The molecule has 22 heavy (non-hydrogen) atoms. The second-order valence-corrected chi connectivity index (χ2v) is 13.6. The number of hydrogen-bond donors (Lipinski definition) is 0. The molecular formula is C17H25ClN2OSi. The number of fused-ring (bicyclic) bond motifs is 1. The lowest BCUT2D eigenvalue weighted by atomic mass is 10.1. The summed E-state index contributed by atoms with van der Waals surface area (Å²) in [7, 11) is -1.04. The highest BCUT2D eigenvalue weighted by Gasteiger charge is 2.24. The zero-order valence-corrected chi connectivity index (χ0v) is 15.5. The fraction of sp³-hybridized carbons (Fsp3) is 0.588. The molecule has 1 aliphatic rings. The van der Waals surface area contributed by atoms with Gasteiger partial charge >= 0.3 is 0 Å². The maximum atomic E-state index is 6.41.